The fourth-order valence-electron chi connectivity index (χ4n) is 3.02. The molecular weight excluding hydrogens is 330 g/mol. The summed E-state index contributed by atoms with van der Waals surface area (Å²) >= 11 is 0. The van der Waals surface area contributed by atoms with Gasteiger partial charge in [-0.15, -0.1) is 0 Å². The normalized spacial score (nSPS) is 22.0. The summed E-state index contributed by atoms with van der Waals surface area (Å²) in [5, 5.41) is 3.02. The van der Waals surface area contributed by atoms with E-state index in [2.05, 4.69) is 29.0 Å². The largest absolute Gasteiger partial charge is 0.348 e. The van der Waals surface area contributed by atoms with Crippen molar-refractivity contribution in [2.45, 2.75) is 19.9 Å². The molecule has 1 amide bonds. The number of carbonyl (C=O) groups excluding carboxylic acids is 1. The van der Waals surface area contributed by atoms with Crippen LogP contribution in [0.15, 0.2) is 23.1 Å². The molecule has 7 nitrogen and oxygen atoms in total. The van der Waals surface area contributed by atoms with Gasteiger partial charge in [-0.05, 0) is 17.9 Å². The van der Waals surface area contributed by atoms with Crippen molar-refractivity contribution in [3.63, 3.8) is 0 Å². The van der Waals surface area contributed by atoms with Crippen molar-refractivity contribution >= 4 is 15.7 Å². The van der Waals surface area contributed by atoms with Crippen LogP contribution >= 0.6 is 0 Å². The highest BCUT2D eigenvalue weighted by atomic mass is 32.2. The van der Waals surface area contributed by atoms with E-state index in [1.54, 1.807) is 0 Å². The van der Waals surface area contributed by atoms with Crippen LogP contribution in [0.25, 0.3) is 0 Å². The molecule has 0 radical (unpaired) electrons. The molecule has 8 heteroatoms. The summed E-state index contributed by atoms with van der Waals surface area (Å²) in [5.74, 6) is 0.524. The van der Waals surface area contributed by atoms with Crippen molar-refractivity contribution in [2.24, 2.45) is 11.8 Å². The Morgan fingerprint density at radius 2 is 2.08 bits per heavy atom. The number of carbonyl (C=O) groups is 1. The highest BCUT2D eigenvalue weighted by Crippen LogP contribution is 2.24. The van der Waals surface area contributed by atoms with Gasteiger partial charge in [-0.3, -0.25) is 14.5 Å². The van der Waals surface area contributed by atoms with Crippen molar-refractivity contribution in [3.8, 4) is 0 Å². The fourth-order valence-corrected chi connectivity index (χ4v) is 3.61. The minimum atomic E-state index is -3.00. The van der Waals surface area contributed by atoms with Crippen LogP contribution in [0.5, 0.6) is 0 Å². The highest BCUT2D eigenvalue weighted by Gasteiger charge is 2.35. The molecular formula is C16H25N3O4S. The van der Waals surface area contributed by atoms with Crippen LogP contribution in [-0.2, 0) is 9.84 Å². The van der Waals surface area contributed by atoms with Gasteiger partial charge in [0.1, 0.15) is 9.84 Å². The first-order chi connectivity index (χ1) is 11.2. The van der Waals surface area contributed by atoms with E-state index < -0.39 is 9.84 Å². The third-order valence-corrected chi connectivity index (χ3v) is 5.36. The molecule has 1 aromatic heterocycles. The molecule has 0 unspecified atom stereocenters. The summed E-state index contributed by atoms with van der Waals surface area (Å²) in [7, 11) is -3.00. The lowest BCUT2D eigenvalue weighted by molar-refractivity contribution is 0.0925. The van der Waals surface area contributed by atoms with E-state index in [0.29, 0.717) is 24.6 Å². The molecule has 1 aliphatic rings. The van der Waals surface area contributed by atoms with Gasteiger partial charge in [0, 0.05) is 44.2 Å². The predicted molar refractivity (Wildman–Crippen MR) is 92.8 cm³/mol. The zero-order valence-electron chi connectivity index (χ0n) is 14.3. The molecule has 2 rings (SSSR count). The van der Waals surface area contributed by atoms with Gasteiger partial charge >= 0.3 is 0 Å². The number of nitrogens with zero attached hydrogens (tertiary/aromatic N) is 1. The standard InChI is InChI=1S/C16H25N3O4S/c1-11(2)13-9-19(6-7-24(3,22)23)10-14(13)18-16(21)12-4-5-15(20)17-8-12/h4-5,8,11,13-14H,6-7,9-10H2,1-3H3,(H,17,20)(H,18,21)/t13-,14+/m1/s1. The zero-order valence-corrected chi connectivity index (χ0v) is 15.1. The number of H-pyrrole nitrogens is 1. The number of rotatable bonds is 6. The van der Waals surface area contributed by atoms with Gasteiger partial charge in [-0.2, -0.15) is 0 Å². The van der Waals surface area contributed by atoms with Gasteiger partial charge in [0.15, 0.2) is 0 Å². The van der Waals surface area contributed by atoms with E-state index in [-0.39, 0.29) is 29.2 Å². The highest BCUT2D eigenvalue weighted by molar-refractivity contribution is 7.90. The van der Waals surface area contributed by atoms with Crippen LogP contribution in [0.2, 0.25) is 0 Å². The Kier molecular flexibility index (Phi) is 5.82. The summed E-state index contributed by atoms with van der Waals surface area (Å²) in [6.07, 6.45) is 2.64. The maximum absolute atomic E-state index is 12.4. The third kappa shape index (κ3) is 5.17. The van der Waals surface area contributed by atoms with Crippen molar-refractivity contribution < 1.29 is 13.2 Å². The molecule has 0 aliphatic carbocycles. The lowest BCUT2D eigenvalue weighted by Crippen LogP contribution is -2.42. The number of likely N-dealkylation sites (tertiary alicyclic amines) is 1. The molecule has 2 heterocycles. The van der Waals surface area contributed by atoms with Gasteiger partial charge in [0.2, 0.25) is 5.56 Å². The third-order valence-electron chi connectivity index (χ3n) is 4.44. The van der Waals surface area contributed by atoms with Crippen LogP contribution in [0.4, 0.5) is 0 Å². The van der Waals surface area contributed by atoms with E-state index in [4.69, 9.17) is 0 Å². The molecule has 1 aromatic rings. The SMILES string of the molecule is CC(C)[C@H]1CN(CCS(C)(=O)=O)C[C@@H]1NC(=O)c1ccc(=O)[nH]c1. The molecule has 1 fully saturated rings. The van der Waals surface area contributed by atoms with E-state index in [0.717, 1.165) is 6.54 Å². The number of sulfone groups is 1. The van der Waals surface area contributed by atoms with Crippen LogP contribution in [0.1, 0.15) is 24.2 Å². The predicted octanol–water partition coefficient (Wildman–Crippen LogP) is 0.106. The van der Waals surface area contributed by atoms with Crippen molar-refractivity contribution in [2.75, 3.05) is 31.6 Å². The number of aromatic amines is 1. The first-order valence-electron chi connectivity index (χ1n) is 8.05. The zero-order chi connectivity index (χ0) is 17.9. The number of aromatic nitrogens is 1. The van der Waals surface area contributed by atoms with E-state index in [1.807, 2.05) is 0 Å². The lowest BCUT2D eigenvalue weighted by atomic mass is 9.91. The number of pyridine rings is 1. The Morgan fingerprint density at radius 3 is 2.62 bits per heavy atom. The average molecular weight is 355 g/mol. The maximum Gasteiger partial charge on any atom is 0.253 e. The molecule has 0 aromatic carbocycles. The van der Waals surface area contributed by atoms with E-state index in [9.17, 15) is 18.0 Å². The van der Waals surface area contributed by atoms with Crippen molar-refractivity contribution in [3.05, 3.63) is 34.2 Å². The van der Waals surface area contributed by atoms with Gasteiger partial charge in [-0.25, -0.2) is 8.42 Å². The number of hydrogen-bond donors (Lipinski definition) is 2. The topological polar surface area (TPSA) is 99.3 Å². The number of nitrogens with one attached hydrogen (secondary N) is 2. The maximum atomic E-state index is 12.4. The van der Waals surface area contributed by atoms with Crippen molar-refractivity contribution in [1.82, 2.24) is 15.2 Å². The minimum Gasteiger partial charge on any atom is -0.348 e. The lowest BCUT2D eigenvalue weighted by Gasteiger charge is -2.23. The molecule has 2 atom stereocenters. The van der Waals surface area contributed by atoms with Gasteiger partial charge in [0.05, 0.1) is 11.3 Å². The van der Waals surface area contributed by atoms with Gasteiger partial charge in [0.25, 0.3) is 5.91 Å². The Labute approximate surface area is 142 Å². The Balaban J connectivity index is 2.02. The molecule has 0 bridgehead atoms. The summed E-state index contributed by atoms with van der Waals surface area (Å²) < 4.78 is 22.7. The first-order valence-corrected chi connectivity index (χ1v) is 10.1. The smallest absolute Gasteiger partial charge is 0.253 e. The molecule has 2 N–H and O–H groups in total. The second-order valence-electron chi connectivity index (χ2n) is 6.82. The van der Waals surface area contributed by atoms with Crippen LogP contribution in [0.3, 0.4) is 0 Å². The number of amides is 1. The fraction of sp³-hybridized carbons (Fsp3) is 0.625. The summed E-state index contributed by atoms with van der Waals surface area (Å²) in [6, 6.07) is 2.78. The molecule has 1 aliphatic heterocycles. The second kappa shape index (κ2) is 7.48. The summed E-state index contributed by atoms with van der Waals surface area (Å²) in [5.41, 5.74) is 0.158. The molecule has 0 saturated carbocycles. The first kappa shape index (κ1) is 18.7. The van der Waals surface area contributed by atoms with Crippen LogP contribution < -0.4 is 10.9 Å². The quantitative estimate of drug-likeness (QED) is 0.754. The van der Waals surface area contributed by atoms with Crippen molar-refractivity contribution in [1.29, 1.82) is 0 Å². The molecule has 24 heavy (non-hydrogen) atoms. The summed E-state index contributed by atoms with van der Waals surface area (Å²) in [4.78, 5) is 28.0. The van der Waals surface area contributed by atoms with Gasteiger partial charge < -0.3 is 10.3 Å². The van der Waals surface area contributed by atoms with Crippen LogP contribution in [0, 0.1) is 11.8 Å². The van der Waals surface area contributed by atoms with E-state index in [1.165, 1.54) is 24.6 Å². The van der Waals surface area contributed by atoms with E-state index >= 15 is 0 Å². The Bertz CT molecular complexity index is 721. The average Bonchev–Trinajstić information content (AvgIpc) is 2.88. The monoisotopic (exact) mass is 355 g/mol. The molecule has 0 spiro atoms. The Hall–Kier alpha value is -1.67. The minimum absolute atomic E-state index is 0.0380. The Morgan fingerprint density at radius 1 is 1.38 bits per heavy atom. The molecule has 134 valence electrons. The number of hydrogen-bond acceptors (Lipinski definition) is 5. The summed E-state index contributed by atoms with van der Waals surface area (Å²) in [6.45, 7) is 6.08. The molecule has 1 saturated heterocycles. The van der Waals surface area contributed by atoms with Crippen LogP contribution in [-0.4, -0.2) is 61.9 Å². The second-order valence-corrected chi connectivity index (χ2v) is 9.08. The van der Waals surface area contributed by atoms with Gasteiger partial charge in [-0.1, -0.05) is 13.8 Å².